The third-order valence-corrected chi connectivity index (χ3v) is 4.99. The molecule has 2 rings (SSSR count). The summed E-state index contributed by atoms with van der Waals surface area (Å²) in [5.41, 5.74) is 2.09. The molecule has 3 nitrogen and oxygen atoms in total. The van der Waals surface area contributed by atoms with E-state index < -0.39 is 0 Å². The first-order valence-corrected chi connectivity index (χ1v) is 8.33. The lowest BCUT2D eigenvalue weighted by Crippen LogP contribution is -2.16. The molecule has 0 spiro atoms. The summed E-state index contributed by atoms with van der Waals surface area (Å²) in [4.78, 5) is 16.3. The van der Waals surface area contributed by atoms with E-state index in [9.17, 15) is 4.79 Å². The molecule has 1 N–H and O–H groups in total. The monoisotopic (exact) mass is 294 g/mol. The zero-order chi connectivity index (χ0) is 13.7. The van der Waals surface area contributed by atoms with Gasteiger partial charge in [0.05, 0.1) is 12.3 Å². The summed E-state index contributed by atoms with van der Waals surface area (Å²) in [6.07, 6.45) is 0. The third kappa shape index (κ3) is 4.28. The molecule has 0 aliphatic carbocycles. The second kappa shape index (κ2) is 7.01. The zero-order valence-corrected chi connectivity index (χ0v) is 12.8. The number of thioether (sulfide) groups is 2. The molecule has 0 radical (unpaired) electrons. The first-order valence-electron chi connectivity index (χ1n) is 6.35. The second-order valence-electron chi connectivity index (χ2n) is 4.57. The number of hydrogen-bond acceptors (Lipinski definition) is 4. The van der Waals surface area contributed by atoms with E-state index in [1.54, 1.807) is 11.8 Å². The van der Waals surface area contributed by atoms with E-state index in [4.69, 9.17) is 0 Å². The summed E-state index contributed by atoms with van der Waals surface area (Å²) >= 11 is 3.26. The Kier molecular flexibility index (Phi) is 5.34. The minimum absolute atomic E-state index is 0.0355. The van der Waals surface area contributed by atoms with E-state index >= 15 is 0 Å². The van der Waals surface area contributed by atoms with Gasteiger partial charge in [-0.3, -0.25) is 9.79 Å². The number of aliphatic imine (C=N–C) groups is 1. The van der Waals surface area contributed by atoms with Crippen molar-refractivity contribution in [2.24, 2.45) is 4.99 Å². The lowest BCUT2D eigenvalue weighted by molar-refractivity contribution is -0.113. The van der Waals surface area contributed by atoms with Crippen molar-refractivity contribution >= 4 is 39.5 Å². The summed E-state index contributed by atoms with van der Waals surface area (Å²) in [7, 11) is 0. The summed E-state index contributed by atoms with van der Waals surface area (Å²) in [6, 6.07) is 7.97. The number of benzene rings is 1. The van der Waals surface area contributed by atoms with Crippen molar-refractivity contribution in [2.75, 3.05) is 23.4 Å². The molecule has 1 aromatic rings. The molecule has 0 saturated carbocycles. The van der Waals surface area contributed by atoms with Crippen LogP contribution >= 0.6 is 23.5 Å². The molecule has 0 atom stereocenters. The smallest absolute Gasteiger partial charge is 0.234 e. The van der Waals surface area contributed by atoms with Crippen molar-refractivity contribution in [2.45, 2.75) is 19.8 Å². The number of nitrogens with zero attached hydrogens (tertiary/aromatic N) is 1. The normalized spacial score (nSPS) is 14.6. The van der Waals surface area contributed by atoms with Crippen molar-refractivity contribution in [3.8, 4) is 0 Å². The Hall–Kier alpha value is -0.940. The van der Waals surface area contributed by atoms with Crippen LogP contribution in [0.2, 0.25) is 0 Å². The Morgan fingerprint density at radius 3 is 2.95 bits per heavy atom. The maximum absolute atomic E-state index is 11.9. The van der Waals surface area contributed by atoms with Gasteiger partial charge in [0.25, 0.3) is 0 Å². The first-order chi connectivity index (χ1) is 9.16. The number of rotatable bonds is 4. The van der Waals surface area contributed by atoms with E-state index in [0.717, 1.165) is 22.4 Å². The van der Waals surface area contributed by atoms with Gasteiger partial charge in [-0.15, -0.1) is 0 Å². The molecule has 1 amide bonds. The van der Waals surface area contributed by atoms with Crippen molar-refractivity contribution in [3.05, 3.63) is 29.8 Å². The van der Waals surface area contributed by atoms with Crippen molar-refractivity contribution in [1.82, 2.24) is 0 Å². The number of anilines is 1. The van der Waals surface area contributed by atoms with Crippen LogP contribution in [0, 0.1) is 0 Å². The fourth-order valence-corrected chi connectivity index (χ4v) is 3.64. The van der Waals surface area contributed by atoms with E-state index in [1.807, 2.05) is 18.2 Å². The van der Waals surface area contributed by atoms with E-state index in [1.165, 1.54) is 17.3 Å². The van der Waals surface area contributed by atoms with Gasteiger partial charge in [0.1, 0.15) is 4.38 Å². The van der Waals surface area contributed by atoms with E-state index in [0.29, 0.717) is 11.7 Å². The van der Waals surface area contributed by atoms with Crippen molar-refractivity contribution in [3.63, 3.8) is 0 Å². The quantitative estimate of drug-likeness (QED) is 0.922. The maximum Gasteiger partial charge on any atom is 0.234 e. The van der Waals surface area contributed by atoms with Crippen LogP contribution in [-0.4, -0.2) is 28.3 Å². The number of nitrogens with one attached hydrogen (secondary N) is 1. The van der Waals surface area contributed by atoms with Crippen LogP contribution in [0.1, 0.15) is 25.3 Å². The fourth-order valence-electron chi connectivity index (χ4n) is 1.83. The number of hydrogen-bond donors (Lipinski definition) is 1. The second-order valence-corrected chi connectivity index (χ2v) is 6.88. The highest BCUT2D eigenvalue weighted by molar-refractivity contribution is 8.39. The standard InChI is InChI=1S/C14H18N2OS2/c1-10(2)11-5-3-4-6-12(11)16-13(17)9-19-14-15-7-8-18-14/h3-6,10H,7-9H2,1-2H3,(H,16,17). The summed E-state index contributed by atoms with van der Waals surface area (Å²) in [6.45, 7) is 5.14. The highest BCUT2D eigenvalue weighted by atomic mass is 32.2. The van der Waals surface area contributed by atoms with Gasteiger partial charge in [-0.05, 0) is 17.5 Å². The van der Waals surface area contributed by atoms with Gasteiger partial charge in [0.2, 0.25) is 5.91 Å². The molecule has 1 heterocycles. The molecular weight excluding hydrogens is 276 g/mol. The molecule has 0 unspecified atom stereocenters. The maximum atomic E-state index is 11.9. The first kappa shape index (κ1) is 14.5. The Labute approximate surface area is 122 Å². The molecule has 1 aliphatic heterocycles. The Morgan fingerprint density at radius 2 is 2.26 bits per heavy atom. The molecule has 0 saturated heterocycles. The predicted molar refractivity (Wildman–Crippen MR) is 86.4 cm³/mol. The van der Waals surface area contributed by atoms with Gasteiger partial charge in [-0.1, -0.05) is 55.6 Å². The predicted octanol–water partition coefficient (Wildman–Crippen LogP) is 3.58. The minimum Gasteiger partial charge on any atom is -0.325 e. The van der Waals surface area contributed by atoms with Gasteiger partial charge in [0.15, 0.2) is 0 Å². The van der Waals surface area contributed by atoms with Crippen LogP contribution in [0.15, 0.2) is 29.3 Å². The molecule has 0 fully saturated rings. The Morgan fingerprint density at radius 1 is 1.47 bits per heavy atom. The van der Waals surface area contributed by atoms with Gasteiger partial charge >= 0.3 is 0 Å². The topological polar surface area (TPSA) is 41.5 Å². The number of amides is 1. The van der Waals surface area contributed by atoms with E-state index in [2.05, 4.69) is 30.2 Å². The third-order valence-electron chi connectivity index (χ3n) is 2.74. The van der Waals surface area contributed by atoms with Crippen molar-refractivity contribution in [1.29, 1.82) is 0 Å². The fraction of sp³-hybridized carbons (Fsp3) is 0.429. The lowest BCUT2D eigenvalue weighted by atomic mass is 10.0. The van der Waals surface area contributed by atoms with Crippen LogP contribution in [0.3, 0.4) is 0 Å². The highest BCUT2D eigenvalue weighted by Crippen LogP contribution is 2.25. The molecular formula is C14H18N2OS2. The number of para-hydroxylation sites is 1. The minimum atomic E-state index is 0.0355. The lowest BCUT2D eigenvalue weighted by Gasteiger charge is -2.13. The summed E-state index contributed by atoms with van der Waals surface area (Å²) < 4.78 is 1.03. The molecule has 5 heteroatoms. The van der Waals surface area contributed by atoms with Gasteiger partial charge in [-0.25, -0.2) is 0 Å². The van der Waals surface area contributed by atoms with Crippen LogP contribution in [0.25, 0.3) is 0 Å². The summed E-state index contributed by atoms with van der Waals surface area (Å²) in [5.74, 6) is 1.91. The Balaban J connectivity index is 1.91. The zero-order valence-electron chi connectivity index (χ0n) is 11.2. The average Bonchev–Trinajstić information content (AvgIpc) is 2.90. The molecule has 1 aromatic carbocycles. The van der Waals surface area contributed by atoms with Gasteiger partial charge in [0, 0.05) is 11.4 Å². The molecule has 1 aliphatic rings. The van der Waals surface area contributed by atoms with E-state index in [-0.39, 0.29) is 5.91 Å². The summed E-state index contributed by atoms with van der Waals surface area (Å²) in [5, 5.41) is 2.99. The van der Waals surface area contributed by atoms with Crippen LogP contribution in [-0.2, 0) is 4.79 Å². The molecule has 19 heavy (non-hydrogen) atoms. The van der Waals surface area contributed by atoms with Gasteiger partial charge in [-0.2, -0.15) is 0 Å². The number of carbonyl (C=O) groups excluding carboxylic acids is 1. The van der Waals surface area contributed by atoms with Crippen LogP contribution < -0.4 is 5.32 Å². The average molecular weight is 294 g/mol. The molecule has 0 bridgehead atoms. The van der Waals surface area contributed by atoms with Gasteiger partial charge < -0.3 is 5.32 Å². The molecule has 0 aromatic heterocycles. The SMILES string of the molecule is CC(C)c1ccccc1NC(=O)CSC1=NCCS1. The molecule has 102 valence electrons. The van der Waals surface area contributed by atoms with Crippen LogP contribution in [0.4, 0.5) is 5.69 Å². The van der Waals surface area contributed by atoms with Crippen molar-refractivity contribution < 1.29 is 4.79 Å². The Bertz CT molecular complexity index is 486. The largest absolute Gasteiger partial charge is 0.325 e. The highest BCUT2D eigenvalue weighted by Gasteiger charge is 2.12. The van der Waals surface area contributed by atoms with Crippen LogP contribution in [0.5, 0.6) is 0 Å². The number of carbonyl (C=O) groups is 1.